The van der Waals surface area contributed by atoms with E-state index in [0.717, 1.165) is 72.3 Å². The highest BCUT2D eigenvalue weighted by Gasteiger charge is 2.37. The SMILES string of the molecule is CC1(C)c2cc(-c3cc(-c4cc(-c5ccc6ccccc6c5)cc(-c5cccc6c5oc5ccccc56)c4)nc(-c4ccccc4)n3)ccc2-c2c(-c3ccccc3)cccc21. The third-order valence-corrected chi connectivity index (χ3v) is 12.9. The van der Waals surface area contributed by atoms with Crippen LogP contribution in [0.1, 0.15) is 25.0 Å². The largest absolute Gasteiger partial charge is 0.455 e. The number of fused-ring (bicyclic) bond motifs is 7. The lowest BCUT2D eigenvalue weighted by Gasteiger charge is -2.22. The zero-order valence-corrected chi connectivity index (χ0v) is 34.4. The summed E-state index contributed by atoms with van der Waals surface area (Å²) < 4.78 is 6.62. The second kappa shape index (κ2) is 14.1. The van der Waals surface area contributed by atoms with Crippen LogP contribution in [-0.2, 0) is 5.41 Å². The highest BCUT2D eigenvalue weighted by Crippen LogP contribution is 2.53. The molecule has 62 heavy (non-hydrogen) atoms. The van der Waals surface area contributed by atoms with E-state index in [4.69, 9.17) is 14.4 Å². The van der Waals surface area contributed by atoms with Crippen molar-refractivity contribution in [1.82, 2.24) is 9.97 Å². The zero-order chi connectivity index (χ0) is 41.4. The molecule has 3 nitrogen and oxygen atoms in total. The molecule has 3 heteroatoms. The van der Waals surface area contributed by atoms with Gasteiger partial charge in [-0.15, -0.1) is 0 Å². The van der Waals surface area contributed by atoms with Crippen molar-refractivity contribution in [1.29, 1.82) is 0 Å². The van der Waals surface area contributed by atoms with E-state index in [0.29, 0.717) is 5.82 Å². The zero-order valence-electron chi connectivity index (χ0n) is 34.4. The predicted octanol–water partition coefficient (Wildman–Crippen LogP) is 15.8. The van der Waals surface area contributed by atoms with Crippen LogP contribution in [-0.4, -0.2) is 9.97 Å². The van der Waals surface area contributed by atoms with Gasteiger partial charge in [-0.25, -0.2) is 9.97 Å². The molecule has 0 bridgehead atoms. The standard InChI is InChI=1S/C59H40N2O/c1-59(2)51-25-14-22-46(38-16-5-3-6-17-38)56(51)50-30-29-42(35-52(50)59)53-36-54(61-58(60-53)39-18-7-4-8-19-39)45-33-43(41-28-27-37-15-9-10-20-40(37)31-41)32-44(34-45)47-23-13-24-49-48-21-11-12-26-55(48)62-57(47)49/h3-36H,1-2H3. The average Bonchev–Trinajstić information content (AvgIpc) is 3.83. The van der Waals surface area contributed by atoms with Crippen LogP contribution in [0.5, 0.6) is 0 Å². The summed E-state index contributed by atoms with van der Waals surface area (Å²) in [7, 11) is 0. The average molecular weight is 793 g/mol. The molecule has 292 valence electrons. The first-order valence-electron chi connectivity index (χ1n) is 21.3. The first kappa shape index (κ1) is 36.0. The molecule has 2 heterocycles. The normalized spacial score (nSPS) is 12.8. The summed E-state index contributed by atoms with van der Waals surface area (Å²) in [6.07, 6.45) is 0. The van der Waals surface area contributed by atoms with E-state index in [9.17, 15) is 0 Å². The minimum atomic E-state index is -0.204. The van der Waals surface area contributed by atoms with Gasteiger partial charge in [-0.1, -0.05) is 178 Å². The molecule has 0 radical (unpaired) electrons. The number of para-hydroxylation sites is 2. The van der Waals surface area contributed by atoms with Gasteiger partial charge in [0.15, 0.2) is 5.82 Å². The Morgan fingerprint density at radius 3 is 1.85 bits per heavy atom. The van der Waals surface area contributed by atoms with E-state index < -0.39 is 0 Å². The molecule has 0 unspecified atom stereocenters. The van der Waals surface area contributed by atoms with Crippen molar-refractivity contribution in [3.05, 3.63) is 217 Å². The van der Waals surface area contributed by atoms with Gasteiger partial charge in [0.25, 0.3) is 0 Å². The molecule has 1 aliphatic rings. The van der Waals surface area contributed by atoms with Gasteiger partial charge in [-0.2, -0.15) is 0 Å². The summed E-state index contributed by atoms with van der Waals surface area (Å²) in [6.45, 7) is 4.69. The van der Waals surface area contributed by atoms with Gasteiger partial charge in [0.05, 0.1) is 11.4 Å². The number of nitrogens with zero attached hydrogens (tertiary/aromatic N) is 2. The van der Waals surface area contributed by atoms with Gasteiger partial charge in [0.2, 0.25) is 0 Å². The first-order chi connectivity index (χ1) is 30.5. The van der Waals surface area contributed by atoms with Crippen molar-refractivity contribution in [2.45, 2.75) is 19.3 Å². The molecule has 9 aromatic carbocycles. The molecule has 0 spiro atoms. The van der Waals surface area contributed by atoms with Crippen LogP contribution in [0.3, 0.4) is 0 Å². The van der Waals surface area contributed by atoms with E-state index in [1.165, 1.54) is 44.2 Å². The van der Waals surface area contributed by atoms with E-state index in [2.05, 4.69) is 202 Å². The molecule has 1 aliphatic carbocycles. The summed E-state index contributed by atoms with van der Waals surface area (Å²) >= 11 is 0. The minimum Gasteiger partial charge on any atom is -0.455 e. The van der Waals surface area contributed by atoms with Crippen LogP contribution in [0.25, 0.3) is 111 Å². The predicted molar refractivity (Wildman–Crippen MR) is 257 cm³/mol. The van der Waals surface area contributed by atoms with Crippen molar-refractivity contribution in [2.75, 3.05) is 0 Å². The number of rotatable bonds is 6. The molecule has 12 rings (SSSR count). The number of aromatic nitrogens is 2. The van der Waals surface area contributed by atoms with Crippen LogP contribution < -0.4 is 0 Å². The Balaban J connectivity index is 1.07. The number of furan rings is 1. The Morgan fingerprint density at radius 1 is 0.371 bits per heavy atom. The molecule has 11 aromatic rings. The van der Waals surface area contributed by atoms with Crippen LogP contribution in [0, 0.1) is 0 Å². The second-order valence-electron chi connectivity index (χ2n) is 16.9. The summed E-state index contributed by atoms with van der Waals surface area (Å²) in [5.41, 5.74) is 18.4. The fraction of sp³-hybridized carbons (Fsp3) is 0.0508. The van der Waals surface area contributed by atoms with E-state index in [-0.39, 0.29) is 5.41 Å². The smallest absolute Gasteiger partial charge is 0.160 e. The molecule has 0 atom stereocenters. The lowest BCUT2D eigenvalue weighted by atomic mass is 9.81. The summed E-state index contributed by atoms with van der Waals surface area (Å²) in [5, 5.41) is 4.62. The Morgan fingerprint density at radius 2 is 1.02 bits per heavy atom. The molecular weight excluding hydrogens is 753 g/mol. The lowest BCUT2D eigenvalue weighted by Crippen LogP contribution is -2.15. The first-order valence-corrected chi connectivity index (χ1v) is 21.3. The molecule has 0 fully saturated rings. The van der Waals surface area contributed by atoms with Crippen molar-refractivity contribution in [3.8, 4) is 78.4 Å². The molecule has 0 amide bonds. The van der Waals surface area contributed by atoms with Crippen molar-refractivity contribution in [3.63, 3.8) is 0 Å². The second-order valence-corrected chi connectivity index (χ2v) is 16.9. The van der Waals surface area contributed by atoms with Crippen LogP contribution in [0.4, 0.5) is 0 Å². The Bertz CT molecular complexity index is 3540. The Kier molecular flexibility index (Phi) is 8.20. The summed E-state index contributed by atoms with van der Waals surface area (Å²) in [5.74, 6) is 0.685. The van der Waals surface area contributed by atoms with Crippen molar-refractivity contribution < 1.29 is 4.42 Å². The molecule has 0 saturated carbocycles. The van der Waals surface area contributed by atoms with Gasteiger partial charge >= 0.3 is 0 Å². The van der Waals surface area contributed by atoms with Gasteiger partial charge in [0, 0.05) is 38.4 Å². The molecule has 0 saturated heterocycles. The quantitative estimate of drug-likeness (QED) is 0.168. The Labute approximate surface area is 360 Å². The maximum absolute atomic E-state index is 6.62. The molecule has 2 aromatic heterocycles. The summed E-state index contributed by atoms with van der Waals surface area (Å²) in [4.78, 5) is 10.7. The van der Waals surface area contributed by atoms with Gasteiger partial charge < -0.3 is 4.42 Å². The third-order valence-electron chi connectivity index (χ3n) is 12.9. The van der Waals surface area contributed by atoms with Gasteiger partial charge in [-0.05, 0) is 103 Å². The van der Waals surface area contributed by atoms with Crippen molar-refractivity contribution in [2.24, 2.45) is 0 Å². The lowest BCUT2D eigenvalue weighted by molar-refractivity contribution is 0.660. The number of benzene rings is 9. The van der Waals surface area contributed by atoms with E-state index in [1.807, 2.05) is 18.2 Å². The monoisotopic (exact) mass is 792 g/mol. The van der Waals surface area contributed by atoms with Gasteiger partial charge in [0.1, 0.15) is 11.2 Å². The number of hydrogen-bond acceptors (Lipinski definition) is 3. The highest BCUT2D eigenvalue weighted by atomic mass is 16.3. The fourth-order valence-corrected chi connectivity index (χ4v) is 9.71. The van der Waals surface area contributed by atoms with Gasteiger partial charge in [-0.3, -0.25) is 0 Å². The van der Waals surface area contributed by atoms with Crippen LogP contribution in [0.15, 0.2) is 211 Å². The van der Waals surface area contributed by atoms with E-state index >= 15 is 0 Å². The molecular formula is C59H40N2O. The molecule has 0 aliphatic heterocycles. The maximum atomic E-state index is 6.62. The fourth-order valence-electron chi connectivity index (χ4n) is 9.71. The maximum Gasteiger partial charge on any atom is 0.160 e. The van der Waals surface area contributed by atoms with Crippen molar-refractivity contribution >= 4 is 32.7 Å². The topological polar surface area (TPSA) is 38.9 Å². The van der Waals surface area contributed by atoms with Crippen LogP contribution in [0.2, 0.25) is 0 Å². The summed E-state index contributed by atoms with van der Waals surface area (Å²) in [6, 6.07) is 73.7. The molecule has 0 N–H and O–H groups in total. The van der Waals surface area contributed by atoms with E-state index in [1.54, 1.807) is 0 Å². The Hall–Kier alpha value is -7.88. The third kappa shape index (κ3) is 5.89. The number of hydrogen-bond donors (Lipinski definition) is 0. The minimum absolute atomic E-state index is 0.204. The highest BCUT2D eigenvalue weighted by molar-refractivity contribution is 6.10. The van der Waals surface area contributed by atoms with Crippen LogP contribution >= 0.6 is 0 Å².